The molecule has 0 unspecified atom stereocenters. The summed E-state index contributed by atoms with van der Waals surface area (Å²) in [5.41, 5.74) is 5.30. The van der Waals surface area contributed by atoms with Crippen LogP contribution in [0.3, 0.4) is 0 Å². The number of carbonyl (C=O) groups is 1. The Morgan fingerprint density at radius 3 is 2.90 bits per heavy atom. The molecule has 1 aromatic carbocycles. The van der Waals surface area contributed by atoms with Crippen LogP contribution in [0.5, 0.6) is 0 Å². The van der Waals surface area contributed by atoms with Gasteiger partial charge < -0.3 is 4.98 Å². The van der Waals surface area contributed by atoms with E-state index < -0.39 is 0 Å². The maximum atomic E-state index is 12.0. The van der Waals surface area contributed by atoms with Crippen LogP contribution in [0.4, 0.5) is 0 Å². The monoisotopic (exact) mass is 262 g/mol. The van der Waals surface area contributed by atoms with Crippen molar-refractivity contribution in [3.63, 3.8) is 0 Å². The Kier molecular flexibility index (Phi) is 2.46. The Balaban J connectivity index is 1.93. The number of benzene rings is 1. The quantitative estimate of drug-likeness (QED) is 0.726. The first-order chi connectivity index (χ1) is 9.83. The van der Waals surface area contributed by atoms with E-state index in [4.69, 9.17) is 0 Å². The Morgan fingerprint density at radius 2 is 2.05 bits per heavy atom. The van der Waals surface area contributed by atoms with E-state index >= 15 is 0 Å². The molecule has 0 radical (unpaired) electrons. The fraction of sp³-hybridized carbons (Fsp3) is 0.176. The van der Waals surface area contributed by atoms with Crippen molar-refractivity contribution in [1.29, 1.82) is 0 Å². The number of pyridine rings is 1. The van der Waals surface area contributed by atoms with Gasteiger partial charge in [-0.05, 0) is 42.2 Å². The van der Waals surface area contributed by atoms with E-state index in [1.165, 1.54) is 10.9 Å². The number of fused-ring (bicyclic) bond motifs is 3. The van der Waals surface area contributed by atoms with Crippen molar-refractivity contribution in [2.45, 2.75) is 19.3 Å². The molecule has 2 heterocycles. The first-order valence-corrected chi connectivity index (χ1v) is 6.91. The molecule has 0 aliphatic heterocycles. The van der Waals surface area contributed by atoms with Gasteiger partial charge in [-0.3, -0.25) is 9.78 Å². The summed E-state index contributed by atoms with van der Waals surface area (Å²) in [5, 5.41) is 1.18. The average molecular weight is 262 g/mol. The van der Waals surface area contributed by atoms with Crippen LogP contribution < -0.4 is 0 Å². The summed E-state index contributed by atoms with van der Waals surface area (Å²) in [4.78, 5) is 19.4. The van der Waals surface area contributed by atoms with Crippen LogP contribution in [0.2, 0.25) is 0 Å². The Bertz CT molecular complexity index is 802. The van der Waals surface area contributed by atoms with Gasteiger partial charge in [-0.25, -0.2) is 0 Å². The highest BCUT2D eigenvalue weighted by Gasteiger charge is 2.21. The molecule has 1 aliphatic carbocycles. The lowest BCUT2D eigenvalue weighted by molar-refractivity contribution is 0.0968. The van der Waals surface area contributed by atoms with Gasteiger partial charge >= 0.3 is 0 Å². The predicted octanol–water partition coefficient (Wildman–Crippen LogP) is 3.75. The van der Waals surface area contributed by atoms with Gasteiger partial charge in [-0.15, -0.1) is 0 Å². The molecule has 3 nitrogen and oxygen atoms in total. The van der Waals surface area contributed by atoms with Gasteiger partial charge in [0.1, 0.15) is 0 Å². The summed E-state index contributed by atoms with van der Waals surface area (Å²) in [5.74, 6) is 0.241. The maximum absolute atomic E-state index is 12.0. The molecule has 0 bridgehead atoms. The minimum Gasteiger partial charge on any atom is -0.352 e. The second-order valence-corrected chi connectivity index (χ2v) is 5.26. The Labute approximate surface area is 116 Å². The topological polar surface area (TPSA) is 45.8 Å². The number of ketones is 1. The Morgan fingerprint density at radius 1 is 1.10 bits per heavy atom. The molecule has 0 atom stereocenters. The third-order valence-corrected chi connectivity index (χ3v) is 4.01. The van der Waals surface area contributed by atoms with Crippen molar-refractivity contribution in [3.05, 3.63) is 54.0 Å². The van der Waals surface area contributed by atoms with E-state index in [0.29, 0.717) is 6.42 Å². The third kappa shape index (κ3) is 1.67. The lowest BCUT2D eigenvalue weighted by Crippen LogP contribution is -2.09. The fourth-order valence-corrected chi connectivity index (χ4v) is 3.01. The normalized spacial score (nSPS) is 14.5. The first kappa shape index (κ1) is 11.4. The summed E-state index contributed by atoms with van der Waals surface area (Å²) >= 11 is 0. The van der Waals surface area contributed by atoms with Gasteiger partial charge in [0.05, 0.1) is 5.69 Å². The molecule has 1 N–H and O–H groups in total. The fourth-order valence-electron chi connectivity index (χ4n) is 3.01. The number of Topliss-reactive ketones (excluding diaryl/α,β-unsaturated/α-hetero) is 1. The van der Waals surface area contributed by atoms with Crippen LogP contribution in [0, 0.1) is 0 Å². The Hall–Kier alpha value is -2.42. The lowest BCUT2D eigenvalue weighted by atomic mass is 9.94. The molecule has 3 heteroatoms. The molecule has 98 valence electrons. The second-order valence-electron chi connectivity index (χ2n) is 5.26. The van der Waals surface area contributed by atoms with Gasteiger partial charge in [0, 0.05) is 35.3 Å². The molecule has 0 saturated carbocycles. The van der Waals surface area contributed by atoms with Crippen LogP contribution in [0.25, 0.3) is 22.0 Å². The average Bonchev–Trinajstić information content (AvgIpc) is 2.88. The van der Waals surface area contributed by atoms with Crippen molar-refractivity contribution in [1.82, 2.24) is 9.97 Å². The maximum Gasteiger partial charge on any atom is 0.179 e. The molecule has 0 spiro atoms. The van der Waals surface area contributed by atoms with Crippen LogP contribution in [-0.2, 0) is 6.42 Å². The SMILES string of the molecule is O=C1CCCc2c1[nH]c1ccc(-c3cccnc3)cc21. The van der Waals surface area contributed by atoms with Crippen LogP contribution in [-0.4, -0.2) is 15.8 Å². The van der Waals surface area contributed by atoms with E-state index in [9.17, 15) is 4.79 Å². The van der Waals surface area contributed by atoms with Crippen molar-refractivity contribution in [3.8, 4) is 11.1 Å². The summed E-state index contributed by atoms with van der Waals surface area (Å²) in [6.07, 6.45) is 6.24. The molecule has 0 fully saturated rings. The van der Waals surface area contributed by atoms with E-state index in [1.807, 2.05) is 12.3 Å². The summed E-state index contributed by atoms with van der Waals surface area (Å²) in [6.45, 7) is 0. The first-order valence-electron chi connectivity index (χ1n) is 6.91. The zero-order valence-electron chi connectivity index (χ0n) is 11.0. The molecule has 3 aromatic rings. The summed E-state index contributed by atoms with van der Waals surface area (Å²) in [6, 6.07) is 10.3. The van der Waals surface area contributed by atoms with Crippen LogP contribution >= 0.6 is 0 Å². The molecule has 4 rings (SSSR count). The largest absolute Gasteiger partial charge is 0.352 e. The van der Waals surface area contributed by atoms with Crippen molar-refractivity contribution in [2.75, 3.05) is 0 Å². The van der Waals surface area contributed by atoms with Gasteiger partial charge in [0.2, 0.25) is 0 Å². The second kappa shape index (κ2) is 4.30. The molecule has 20 heavy (non-hydrogen) atoms. The lowest BCUT2D eigenvalue weighted by Gasteiger charge is -2.09. The zero-order chi connectivity index (χ0) is 13.5. The molecular formula is C17H14N2O. The van der Waals surface area contributed by atoms with Crippen molar-refractivity contribution >= 4 is 16.7 Å². The molecule has 0 amide bonds. The predicted molar refractivity (Wildman–Crippen MR) is 78.8 cm³/mol. The van der Waals surface area contributed by atoms with Crippen molar-refractivity contribution in [2.24, 2.45) is 0 Å². The van der Waals surface area contributed by atoms with Crippen LogP contribution in [0.15, 0.2) is 42.7 Å². The standard InChI is InChI=1S/C17H14N2O/c20-16-5-1-4-13-14-9-11(12-3-2-8-18-10-12)6-7-15(14)19-17(13)16/h2-3,6-10,19H,1,4-5H2. The third-order valence-electron chi connectivity index (χ3n) is 4.01. The number of H-pyrrole nitrogens is 1. The highest BCUT2D eigenvalue weighted by Crippen LogP contribution is 2.32. The van der Waals surface area contributed by atoms with Gasteiger partial charge in [0.25, 0.3) is 0 Å². The van der Waals surface area contributed by atoms with Gasteiger partial charge in [0.15, 0.2) is 5.78 Å². The highest BCUT2D eigenvalue weighted by atomic mass is 16.1. The minimum atomic E-state index is 0.241. The van der Waals surface area contributed by atoms with Gasteiger partial charge in [-0.1, -0.05) is 12.1 Å². The highest BCUT2D eigenvalue weighted by molar-refractivity contribution is 6.04. The molecule has 0 saturated heterocycles. The molecule has 1 aliphatic rings. The van der Waals surface area contributed by atoms with E-state index in [1.54, 1.807) is 6.20 Å². The number of rotatable bonds is 1. The number of carbonyl (C=O) groups excluding carboxylic acids is 1. The van der Waals surface area contributed by atoms with Crippen LogP contribution in [0.1, 0.15) is 28.9 Å². The number of hydrogen-bond donors (Lipinski definition) is 1. The number of aromatic nitrogens is 2. The smallest absolute Gasteiger partial charge is 0.179 e. The van der Waals surface area contributed by atoms with E-state index in [-0.39, 0.29) is 5.78 Å². The number of nitrogens with one attached hydrogen (secondary N) is 1. The van der Waals surface area contributed by atoms with E-state index in [0.717, 1.165) is 35.2 Å². The zero-order valence-corrected chi connectivity index (χ0v) is 11.0. The van der Waals surface area contributed by atoms with Gasteiger partial charge in [-0.2, -0.15) is 0 Å². The summed E-state index contributed by atoms with van der Waals surface area (Å²) < 4.78 is 0. The number of aryl methyl sites for hydroxylation is 1. The summed E-state index contributed by atoms with van der Waals surface area (Å²) in [7, 11) is 0. The molecular weight excluding hydrogens is 248 g/mol. The van der Waals surface area contributed by atoms with Crippen molar-refractivity contribution < 1.29 is 4.79 Å². The van der Waals surface area contributed by atoms with E-state index in [2.05, 4.69) is 34.2 Å². The number of hydrogen-bond acceptors (Lipinski definition) is 2. The number of nitrogens with zero attached hydrogens (tertiary/aromatic N) is 1. The molecule has 2 aromatic heterocycles. The number of aromatic amines is 1. The minimum absolute atomic E-state index is 0.241.